The summed E-state index contributed by atoms with van der Waals surface area (Å²) in [5.41, 5.74) is -0.420. The van der Waals surface area contributed by atoms with Gasteiger partial charge in [0.05, 0.1) is 6.61 Å². The number of carbonyl (C=O) groups is 3. The number of rotatable bonds is 17. The van der Waals surface area contributed by atoms with E-state index in [0.717, 1.165) is 32.1 Å². The van der Waals surface area contributed by atoms with Crippen molar-refractivity contribution in [3.05, 3.63) is 11.6 Å². The van der Waals surface area contributed by atoms with Gasteiger partial charge >= 0.3 is 11.9 Å². The molecule has 0 aromatic rings. The molecule has 186 valence electrons. The first-order valence-corrected chi connectivity index (χ1v) is 12.5. The minimum absolute atomic E-state index is 0.115. The van der Waals surface area contributed by atoms with Gasteiger partial charge in [0.1, 0.15) is 16.8 Å². The Bertz CT molecular complexity index is 600. The van der Waals surface area contributed by atoms with Crippen LogP contribution in [-0.4, -0.2) is 29.9 Å². The molecule has 0 N–H and O–H groups in total. The number of carbonyl (C=O) groups excluding carboxylic acids is 3. The van der Waals surface area contributed by atoms with Gasteiger partial charge in [0.2, 0.25) is 0 Å². The molecule has 0 aliphatic heterocycles. The van der Waals surface area contributed by atoms with E-state index in [1.165, 1.54) is 31.8 Å². The van der Waals surface area contributed by atoms with Crippen LogP contribution < -0.4 is 0 Å². The Hall–Kier alpha value is -1.65. The number of Topliss-reactive ketones (excluding diaryl/α,β-unsaturated/α-hetero) is 1. The maximum atomic E-state index is 13.2. The number of esters is 2. The van der Waals surface area contributed by atoms with Gasteiger partial charge in [-0.1, -0.05) is 50.7 Å². The molecule has 0 saturated carbocycles. The quantitative estimate of drug-likeness (QED) is 0.102. The Labute approximate surface area is 196 Å². The summed E-state index contributed by atoms with van der Waals surface area (Å²) in [7, 11) is 0. The van der Waals surface area contributed by atoms with Crippen LogP contribution in [0.15, 0.2) is 11.6 Å². The monoisotopic (exact) mass is 452 g/mol. The number of ketones is 1. The molecule has 0 aliphatic carbocycles. The Balaban J connectivity index is 5.07. The number of unbranched alkanes of at least 4 members (excludes halogenated alkanes) is 5. The van der Waals surface area contributed by atoms with E-state index in [4.69, 9.17) is 9.47 Å². The summed E-state index contributed by atoms with van der Waals surface area (Å²) in [4.78, 5) is 37.4. The van der Waals surface area contributed by atoms with Gasteiger partial charge in [-0.3, -0.25) is 14.4 Å². The van der Waals surface area contributed by atoms with Crippen LogP contribution in [0.25, 0.3) is 0 Å². The van der Waals surface area contributed by atoms with Crippen molar-refractivity contribution >= 4 is 17.7 Å². The summed E-state index contributed by atoms with van der Waals surface area (Å²) in [6, 6.07) is 0. The van der Waals surface area contributed by atoms with Crippen molar-refractivity contribution in [2.24, 2.45) is 5.41 Å². The molecule has 0 amide bonds. The zero-order valence-corrected chi connectivity index (χ0v) is 21.8. The molecule has 1 unspecified atom stereocenters. The number of allylic oxidation sites excluding steroid dienone is 2. The van der Waals surface area contributed by atoms with Gasteiger partial charge in [-0.05, 0) is 80.1 Å². The highest BCUT2D eigenvalue weighted by Crippen LogP contribution is 2.36. The van der Waals surface area contributed by atoms with Crippen molar-refractivity contribution in [2.45, 2.75) is 131 Å². The summed E-state index contributed by atoms with van der Waals surface area (Å²) in [5, 5.41) is 0. The van der Waals surface area contributed by atoms with Gasteiger partial charge in [0.25, 0.3) is 0 Å². The molecule has 32 heavy (non-hydrogen) atoms. The lowest BCUT2D eigenvalue weighted by Crippen LogP contribution is -2.42. The molecule has 1 atom stereocenters. The van der Waals surface area contributed by atoms with Crippen molar-refractivity contribution in [1.82, 2.24) is 0 Å². The minimum Gasteiger partial charge on any atom is -0.466 e. The molecule has 0 aliphatic rings. The summed E-state index contributed by atoms with van der Waals surface area (Å²) in [6.07, 6.45) is 12.2. The molecule has 0 bridgehead atoms. The topological polar surface area (TPSA) is 69.7 Å². The van der Waals surface area contributed by atoms with E-state index in [1.54, 1.807) is 6.92 Å². The van der Waals surface area contributed by atoms with E-state index in [1.807, 2.05) is 20.8 Å². The lowest BCUT2D eigenvalue weighted by atomic mass is 9.75. The third kappa shape index (κ3) is 13.0. The zero-order chi connectivity index (χ0) is 24.6. The molecule has 0 heterocycles. The van der Waals surface area contributed by atoms with Crippen LogP contribution in [0.5, 0.6) is 0 Å². The van der Waals surface area contributed by atoms with Gasteiger partial charge < -0.3 is 9.47 Å². The van der Waals surface area contributed by atoms with Gasteiger partial charge in [0.15, 0.2) is 0 Å². The molecular weight excluding hydrogens is 404 g/mol. The molecule has 0 rings (SSSR count). The smallest absolute Gasteiger partial charge is 0.320 e. The Morgan fingerprint density at radius 1 is 0.812 bits per heavy atom. The molecular formula is C27H48O5. The molecule has 5 nitrogen and oxygen atoms in total. The standard InChI is InChI=1S/C27H48O5/c1-8-10-13-17-22(3)18-16-21-27(23(4)28,25(30)32-26(5,6)7)20-15-12-11-14-19-24(29)31-9-2/h18H,8-17,19-21H2,1-7H3. The fraction of sp³-hybridized carbons (Fsp3) is 0.815. The lowest BCUT2D eigenvalue weighted by molar-refractivity contribution is -0.171. The maximum absolute atomic E-state index is 13.2. The Morgan fingerprint density at radius 3 is 2.00 bits per heavy atom. The molecule has 5 heteroatoms. The summed E-state index contributed by atoms with van der Waals surface area (Å²) < 4.78 is 10.7. The van der Waals surface area contributed by atoms with E-state index in [2.05, 4.69) is 19.9 Å². The van der Waals surface area contributed by atoms with Crippen molar-refractivity contribution in [3.63, 3.8) is 0 Å². The SMILES string of the molecule is CCCCCC(C)=CCCC(CCCCCCC(=O)OCC)(C(C)=O)C(=O)OC(C)(C)C. The average molecular weight is 453 g/mol. The largest absolute Gasteiger partial charge is 0.466 e. The molecule has 0 fully saturated rings. The van der Waals surface area contributed by atoms with E-state index in [9.17, 15) is 14.4 Å². The van der Waals surface area contributed by atoms with E-state index < -0.39 is 17.0 Å². The van der Waals surface area contributed by atoms with Gasteiger partial charge in [0, 0.05) is 6.42 Å². The predicted molar refractivity (Wildman–Crippen MR) is 130 cm³/mol. The minimum atomic E-state index is -1.10. The average Bonchev–Trinajstić information content (AvgIpc) is 2.68. The highest BCUT2D eigenvalue weighted by Gasteiger charge is 2.44. The van der Waals surface area contributed by atoms with Crippen LogP contribution in [0, 0.1) is 5.41 Å². The maximum Gasteiger partial charge on any atom is 0.320 e. The fourth-order valence-corrected chi connectivity index (χ4v) is 3.80. The first-order valence-electron chi connectivity index (χ1n) is 12.5. The molecule has 0 spiro atoms. The summed E-state index contributed by atoms with van der Waals surface area (Å²) >= 11 is 0. The van der Waals surface area contributed by atoms with E-state index >= 15 is 0 Å². The third-order valence-corrected chi connectivity index (χ3v) is 5.74. The van der Waals surface area contributed by atoms with Crippen molar-refractivity contribution < 1.29 is 23.9 Å². The second-order valence-corrected chi connectivity index (χ2v) is 9.91. The van der Waals surface area contributed by atoms with Gasteiger partial charge in [-0.15, -0.1) is 0 Å². The van der Waals surface area contributed by atoms with Gasteiger partial charge in [-0.2, -0.15) is 0 Å². The highest BCUT2D eigenvalue weighted by atomic mass is 16.6. The van der Waals surface area contributed by atoms with E-state index in [0.29, 0.717) is 32.3 Å². The van der Waals surface area contributed by atoms with Crippen molar-refractivity contribution in [1.29, 1.82) is 0 Å². The third-order valence-electron chi connectivity index (χ3n) is 5.74. The predicted octanol–water partition coefficient (Wildman–Crippen LogP) is 7.11. The molecule has 0 aromatic carbocycles. The van der Waals surface area contributed by atoms with Crippen LogP contribution in [-0.2, 0) is 23.9 Å². The molecule has 0 saturated heterocycles. The highest BCUT2D eigenvalue weighted by molar-refractivity contribution is 6.02. The normalized spacial score (nSPS) is 14.0. The van der Waals surface area contributed by atoms with Crippen LogP contribution >= 0.6 is 0 Å². The Morgan fingerprint density at radius 2 is 1.44 bits per heavy atom. The molecule has 0 radical (unpaired) electrons. The fourth-order valence-electron chi connectivity index (χ4n) is 3.80. The van der Waals surface area contributed by atoms with E-state index in [-0.39, 0.29) is 11.8 Å². The van der Waals surface area contributed by atoms with Gasteiger partial charge in [-0.25, -0.2) is 0 Å². The molecule has 0 aromatic heterocycles. The van der Waals surface area contributed by atoms with Crippen LogP contribution in [0.3, 0.4) is 0 Å². The summed E-state index contributed by atoms with van der Waals surface area (Å²) in [6.45, 7) is 13.6. The zero-order valence-electron chi connectivity index (χ0n) is 21.8. The number of hydrogen-bond donors (Lipinski definition) is 0. The first kappa shape index (κ1) is 30.4. The second kappa shape index (κ2) is 16.0. The Kier molecular flexibility index (Phi) is 15.2. The van der Waals surface area contributed by atoms with Crippen LogP contribution in [0.4, 0.5) is 0 Å². The van der Waals surface area contributed by atoms with Crippen LogP contribution in [0.1, 0.15) is 126 Å². The first-order chi connectivity index (χ1) is 15.0. The van der Waals surface area contributed by atoms with Crippen molar-refractivity contribution in [2.75, 3.05) is 6.61 Å². The number of hydrogen-bond acceptors (Lipinski definition) is 5. The summed E-state index contributed by atoms with van der Waals surface area (Å²) in [5.74, 6) is -0.684. The van der Waals surface area contributed by atoms with Crippen LogP contribution in [0.2, 0.25) is 0 Å². The number of ether oxygens (including phenoxy) is 2. The van der Waals surface area contributed by atoms with Crippen molar-refractivity contribution in [3.8, 4) is 0 Å². The second-order valence-electron chi connectivity index (χ2n) is 9.91. The lowest BCUT2D eigenvalue weighted by Gasteiger charge is -2.32.